The molecule has 1 aliphatic rings. The van der Waals surface area contributed by atoms with Crippen LogP contribution in [0.2, 0.25) is 0 Å². The number of hydrogen-bond donors (Lipinski definition) is 3. The second-order valence-corrected chi connectivity index (χ2v) is 8.81. The van der Waals surface area contributed by atoms with Crippen LogP contribution in [0.25, 0.3) is 5.57 Å². The number of methoxy groups -OCH3 is 1. The molecule has 0 saturated heterocycles. The van der Waals surface area contributed by atoms with Crippen molar-refractivity contribution in [2.45, 2.75) is 45.3 Å². The van der Waals surface area contributed by atoms with Gasteiger partial charge in [0.05, 0.1) is 19.1 Å². The Bertz CT molecular complexity index is 1260. The van der Waals surface area contributed by atoms with Crippen LogP contribution in [0.5, 0.6) is 5.75 Å². The number of amides is 2. The zero-order valence-electron chi connectivity index (χ0n) is 21.3. The smallest absolute Gasteiger partial charge is 0.319 e. The molecule has 9 heteroatoms. The number of carbonyl (C=O) groups excluding carboxylic acids is 2. The Morgan fingerprint density at radius 3 is 2.61 bits per heavy atom. The third-order valence-electron chi connectivity index (χ3n) is 6.36. The largest absolute Gasteiger partial charge is 0.505 e. The molecule has 192 valence electrons. The van der Waals surface area contributed by atoms with E-state index >= 15 is 0 Å². The van der Waals surface area contributed by atoms with Gasteiger partial charge in [-0.05, 0) is 37.5 Å². The minimum Gasteiger partial charge on any atom is -0.505 e. The highest BCUT2D eigenvalue weighted by Gasteiger charge is 2.41. The number of anilines is 1. The first kappa shape index (κ1) is 26.7. The summed E-state index contributed by atoms with van der Waals surface area (Å²) in [6, 6.07) is 6.33. The summed E-state index contributed by atoms with van der Waals surface area (Å²) in [6.07, 6.45) is 7.31. The fraction of sp³-hybridized carbons (Fsp3) is 0.370. The van der Waals surface area contributed by atoms with E-state index in [4.69, 9.17) is 9.47 Å². The predicted octanol–water partition coefficient (Wildman–Crippen LogP) is 3.58. The Morgan fingerprint density at radius 1 is 1.22 bits per heavy atom. The first-order valence-corrected chi connectivity index (χ1v) is 11.7. The number of ether oxygens (including phenoxy) is 2. The Hall–Kier alpha value is -3.85. The zero-order chi connectivity index (χ0) is 26.5. The maximum atomic E-state index is 13.1. The second kappa shape index (κ2) is 11.3. The molecule has 0 spiro atoms. The van der Waals surface area contributed by atoms with Crippen molar-refractivity contribution in [1.29, 1.82) is 0 Å². The van der Waals surface area contributed by atoms with Gasteiger partial charge in [0.1, 0.15) is 11.4 Å². The van der Waals surface area contributed by atoms with E-state index in [-0.39, 0.29) is 24.5 Å². The van der Waals surface area contributed by atoms with Crippen molar-refractivity contribution < 1.29 is 24.2 Å². The van der Waals surface area contributed by atoms with Gasteiger partial charge in [0.2, 0.25) is 0 Å². The molecular weight excluding hydrogens is 462 g/mol. The Labute approximate surface area is 210 Å². The summed E-state index contributed by atoms with van der Waals surface area (Å²) in [4.78, 5) is 38.1. The molecule has 9 nitrogen and oxygen atoms in total. The van der Waals surface area contributed by atoms with Crippen LogP contribution >= 0.6 is 0 Å². The lowest BCUT2D eigenvalue weighted by atomic mass is 9.79. The Morgan fingerprint density at radius 2 is 1.94 bits per heavy atom. The van der Waals surface area contributed by atoms with E-state index in [1.165, 1.54) is 24.9 Å². The Kier molecular flexibility index (Phi) is 8.37. The highest BCUT2D eigenvalue weighted by atomic mass is 16.5. The van der Waals surface area contributed by atoms with Gasteiger partial charge in [-0.2, -0.15) is 0 Å². The van der Waals surface area contributed by atoms with Crippen LogP contribution in [0.4, 0.5) is 10.5 Å². The van der Waals surface area contributed by atoms with Crippen LogP contribution in [0.1, 0.15) is 36.5 Å². The molecule has 0 fully saturated rings. The molecule has 1 aromatic heterocycles. The van der Waals surface area contributed by atoms with Gasteiger partial charge in [-0.25, -0.2) is 4.79 Å². The average Bonchev–Trinajstić information content (AvgIpc) is 2.85. The lowest BCUT2D eigenvalue weighted by molar-refractivity contribution is -0.145. The number of allylic oxidation sites excluding steroid dienone is 2. The SMILES string of the molecule is CCOC(=O)CC(NC(=O)Nc1c(O)c(C)cn(C)c1=O)C1(OC)C=CC=C(c2ccccc2C)C1. The maximum Gasteiger partial charge on any atom is 0.319 e. The highest BCUT2D eigenvalue weighted by molar-refractivity contribution is 5.91. The number of nitrogens with zero attached hydrogens (tertiary/aromatic N) is 1. The first-order chi connectivity index (χ1) is 17.1. The van der Waals surface area contributed by atoms with Crippen molar-refractivity contribution in [2.75, 3.05) is 19.0 Å². The Balaban J connectivity index is 1.93. The number of carbonyl (C=O) groups is 2. The minimum atomic E-state index is -1.07. The van der Waals surface area contributed by atoms with Gasteiger partial charge >= 0.3 is 12.0 Å². The summed E-state index contributed by atoms with van der Waals surface area (Å²) in [7, 11) is 3.04. The van der Waals surface area contributed by atoms with E-state index in [0.29, 0.717) is 12.0 Å². The molecule has 0 radical (unpaired) electrons. The molecule has 0 aliphatic heterocycles. The molecule has 36 heavy (non-hydrogen) atoms. The number of hydrogen-bond acceptors (Lipinski definition) is 6. The van der Waals surface area contributed by atoms with Crippen LogP contribution < -0.4 is 16.2 Å². The van der Waals surface area contributed by atoms with Crippen LogP contribution in [0.3, 0.4) is 0 Å². The van der Waals surface area contributed by atoms with E-state index in [9.17, 15) is 19.5 Å². The number of aromatic hydroxyl groups is 1. The lowest BCUT2D eigenvalue weighted by Crippen LogP contribution is -2.55. The van der Waals surface area contributed by atoms with E-state index in [0.717, 1.165) is 16.7 Å². The summed E-state index contributed by atoms with van der Waals surface area (Å²) in [5, 5.41) is 15.6. The van der Waals surface area contributed by atoms with E-state index in [1.54, 1.807) is 13.8 Å². The van der Waals surface area contributed by atoms with Crippen molar-refractivity contribution in [3.8, 4) is 5.75 Å². The van der Waals surface area contributed by atoms with E-state index in [2.05, 4.69) is 10.6 Å². The van der Waals surface area contributed by atoms with Crippen molar-refractivity contribution in [3.05, 3.63) is 75.7 Å². The summed E-state index contributed by atoms with van der Waals surface area (Å²) >= 11 is 0. The van der Waals surface area contributed by atoms with Crippen molar-refractivity contribution >= 4 is 23.3 Å². The molecule has 2 unspecified atom stereocenters. The number of pyridine rings is 1. The quantitative estimate of drug-likeness (QED) is 0.482. The van der Waals surface area contributed by atoms with Gasteiger partial charge in [0, 0.05) is 32.3 Å². The molecule has 0 saturated carbocycles. The molecule has 2 atom stereocenters. The van der Waals surface area contributed by atoms with Gasteiger partial charge in [0.15, 0.2) is 5.69 Å². The van der Waals surface area contributed by atoms with Crippen LogP contribution in [-0.2, 0) is 21.3 Å². The molecule has 1 aromatic carbocycles. The summed E-state index contributed by atoms with van der Waals surface area (Å²) in [6.45, 7) is 5.53. The summed E-state index contributed by atoms with van der Waals surface area (Å²) in [5.74, 6) is -0.826. The standard InChI is InChI=1S/C27H33N3O6/c1-6-36-22(31)14-21(28-26(34)29-23-24(32)18(3)16-30(4)25(23)33)27(35-5)13-9-11-19(15-27)20-12-8-7-10-17(20)2/h7-13,16,21,32H,6,14-15H2,1-5H3,(H2,28,29,34). The summed E-state index contributed by atoms with van der Waals surface area (Å²) in [5.41, 5.74) is 1.63. The fourth-order valence-electron chi connectivity index (χ4n) is 4.42. The highest BCUT2D eigenvalue weighted by Crippen LogP contribution is 2.37. The minimum absolute atomic E-state index is 0.168. The van der Waals surface area contributed by atoms with Crippen LogP contribution in [-0.4, -0.2) is 47.0 Å². The molecule has 2 amide bonds. The van der Waals surface area contributed by atoms with Gasteiger partial charge in [-0.3, -0.25) is 9.59 Å². The van der Waals surface area contributed by atoms with Gasteiger partial charge < -0.3 is 29.8 Å². The van der Waals surface area contributed by atoms with Crippen LogP contribution in [0.15, 0.2) is 53.5 Å². The molecule has 3 rings (SSSR count). The molecular formula is C27H33N3O6. The maximum absolute atomic E-state index is 13.1. The van der Waals surface area contributed by atoms with Crippen molar-refractivity contribution in [1.82, 2.24) is 9.88 Å². The number of esters is 1. The molecule has 1 heterocycles. The predicted molar refractivity (Wildman–Crippen MR) is 138 cm³/mol. The van der Waals surface area contributed by atoms with E-state index < -0.39 is 29.2 Å². The number of aromatic nitrogens is 1. The molecule has 2 aromatic rings. The number of rotatable bonds is 8. The van der Waals surface area contributed by atoms with Gasteiger partial charge in [-0.1, -0.05) is 42.5 Å². The topological polar surface area (TPSA) is 119 Å². The van der Waals surface area contributed by atoms with Crippen molar-refractivity contribution in [3.63, 3.8) is 0 Å². The normalized spacial score (nSPS) is 17.8. The molecule has 0 bridgehead atoms. The molecule has 1 aliphatic carbocycles. The lowest BCUT2D eigenvalue weighted by Gasteiger charge is -2.39. The third kappa shape index (κ3) is 5.68. The zero-order valence-corrected chi connectivity index (χ0v) is 21.3. The number of benzene rings is 1. The fourth-order valence-corrected chi connectivity index (χ4v) is 4.42. The number of aryl methyl sites for hydroxylation is 3. The van der Waals surface area contributed by atoms with Crippen LogP contribution in [0, 0.1) is 13.8 Å². The monoisotopic (exact) mass is 495 g/mol. The first-order valence-electron chi connectivity index (χ1n) is 11.7. The van der Waals surface area contributed by atoms with Crippen molar-refractivity contribution in [2.24, 2.45) is 7.05 Å². The second-order valence-electron chi connectivity index (χ2n) is 8.81. The number of urea groups is 1. The summed E-state index contributed by atoms with van der Waals surface area (Å²) < 4.78 is 12.4. The number of nitrogens with one attached hydrogen (secondary N) is 2. The van der Waals surface area contributed by atoms with Gasteiger partial charge in [0.25, 0.3) is 5.56 Å². The van der Waals surface area contributed by atoms with E-state index in [1.807, 2.05) is 49.4 Å². The van der Waals surface area contributed by atoms with Gasteiger partial charge in [-0.15, -0.1) is 0 Å². The molecule has 3 N–H and O–H groups in total. The third-order valence-corrected chi connectivity index (χ3v) is 6.36. The average molecular weight is 496 g/mol.